The molecule has 0 saturated carbocycles. The Morgan fingerprint density at radius 2 is 1.94 bits per heavy atom. The Bertz CT molecular complexity index is 395. The van der Waals surface area contributed by atoms with Gasteiger partial charge in [0.2, 0.25) is 0 Å². The summed E-state index contributed by atoms with van der Waals surface area (Å²) in [6, 6.07) is 3.84. The van der Waals surface area contributed by atoms with Crippen molar-refractivity contribution in [2.24, 2.45) is 5.73 Å². The highest BCUT2D eigenvalue weighted by Crippen LogP contribution is 2.38. The number of hydrogen-bond donors (Lipinski definition) is 1. The van der Waals surface area contributed by atoms with Crippen LogP contribution in [-0.4, -0.2) is 19.8 Å². The van der Waals surface area contributed by atoms with Crippen molar-refractivity contribution in [1.29, 1.82) is 0 Å². The molecular formula is C13H18ClNO2. The smallest absolute Gasteiger partial charge is 0.162 e. The Balaban J connectivity index is 2.31. The van der Waals surface area contributed by atoms with E-state index in [2.05, 4.69) is 6.92 Å². The highest BCUT2D eigenvalue weighted by Gasteiger charge is 2.17. The third-order valence-corrected chi connectivity index (χ3v) is 3.32. The van der Waals surface area contributed by atoms with Gasteiger partial charge in [0, 0.05) is 17.5 Å². The van der Waals surface area contributed by atoms with Crippen molar-refractivity contribution in [3.8, 4) is 11.5 Å². The van der Waals surface area contributed by atoms with Crippen molar-refractivity contribution in [2.75, 3.05) is 19.8 Å². The fraction of sp³-hybridized carbons (Fsp3) is 0.538. The van der Waals surface area contributed by atoms with E-state index in [0.29, 0.717) is 25.7 Å². The van der Waals surface area contributed by atoms with Crippen molar-refractivity contribution in [2.45, 2.75) is 25.7 Å². The Hall–Kier alpha value is -0.930. The van der Waals surface area contributed by atoms with E-state index in [1.165, 1.54) is 0 Å². The molecule has 17 heavy (non-hydrogen) atoms. The predicted molar refractivity (Wildman–Crippen MR) is 69.1 cm³/mol. The van der Waals surface area contributed by atoms with Crippen LogP contribution in [0.5, 0.6) is 11.5 Å². The van der Waals surface area contributed by atoms with Gasteiger partial charge in [-0.1, -0.05) is 18.5 Å². The van der Waals surface area contributed by atoms with E-state index in [4.69, 9.17) is 26.8 Å². The Labute approximate surface area is 107 Å². The van der Waals surface area contributed by atoms with Crippen molar-refractivity contribution in [3.63, 3.8) is 0 Å². The van der Waals surface area contributed by atoms with E-state index in [-0.39, 0.29) is 0 Å². The van der Waals surface area contributed by atoms with E-state index < -0.39 is 0 Å². The van der Waals surface area contributed by atoms with Crippen LogP contribution in [0.4, 0.5) is 0 Å². The molecule has 1 aliphatic rings. The number of fused-ring (bicyclic) bond motifs is 1. The summed E-state index contributed by atoms with van der Waals surface area (Å²) in [7, 11) is 0. The molecule has 0 bridgehead atoms. The molecule has 1 aromatic carbocycles. The Morgan fingerprint density at radius 3 is 2.59 bits per heavy atom. The molecule has 1 aromatic rings. The first kappa shape index (κ1) is 12.5. The van der Waals surface area contributed by atoms with Gasteiger partial charge in [-0.15, -0.1) is 0 Å². The van der Waals surface area contributed by atoms with Crippen molar-refractivity contribution in [1.82, 2.24) is 0 Å². The molecule has 94 valence electrons. The normalized spacial score (nSPS) is 16.4. The third kappa shape index (κ3) is 2.85. The molecule has 1 unspecified atom stereocenters. The van der Waals surface area contributed by atoms with Crippen LogP contribution >= 0.6 is 11.6 Å². The topological polar surface area (TPSA) is 44.5 Å². The summed E-state index contributed by atoms with van der Waals surface area (Å²) in [5, 5.41) is 0.732. The van der Waals surface area contributed by atoms with Gasteiger partial charge in [0.05, 0.1) is 13.2 Å². The van der Waals surface area contributed by atoms with Crippen LogP contribution in [-0.2, 0) is 0 Å². The summed E-state index contributed by atoms with van der Waals surface area (Å²) in [5.41, 5.74) is 6.67. The van der Waals surface area contributed by atoms with Crippen LogP contribution in [0.1, 0.15) is 31.2 Å². The molecule has 0 aromatic heterocycles. The van der Waals surface area contributed by atoms with Gasteiger partial charge >= 0.3 is 0 Å². The van der Waals surface area contributed by atoms with Crippen molar-refractivity contribution in [3.05, 3.63) is 22.7 Å². The lowest BCUT2D eigenvalue weighted by atomic mass is 9.97. The van der Waals surface area contributed by atoms with Gasteiger partial charge in [-0.25, -0.2) is 0 Å². The van der Waals surface area contributed by atoms with E-state index in [1.54, 1.807) is 0 Å². The first-order chi connectivity index (χ1) is 8.22. The molecule has 0 saturated heterocycles. The molecule has 0 amide bonds. The van der Waals surface area contributed by atoms with Crippen molar-refractivity contribution >= 4 is 11.6 Å². The second-order valence-corrected chi connectivity index (χ2v) is 4.76. The average molecular weight is 256 g/mol. The SMILES string of the molecule is CC(CCN)c1cc2c(cc1Cl)OCCCO2. The molecule has 4 heteroatoms. The molecule has 2 N–H and O–H groups in total. The third-order valence-electron chi connectivity index (χ3n) is 3.00. The van der Waals surface area contributed by atoms with Crippen LogP contribution in [0.25, 0.3) is 0 Å². The number of rotatable bonds is 3. The molecular weight excluding hydrogens is 238 g/mol. The minimum atomic E-state index is 0.338. The molecule has 0 spiro atoms. The highest BCUT2D eigenvalue weighted by atomic mass is 35.5. The standard InChI is InChI=1S/C13H18ClNO2/c1-9(3-4-15)10-7-12-13(8-11(10)14)17-6-2-5-16-12/h7-9H,2-6,15H2,1H3. The first-order valence-electron chi connectivity index (χ1n) is 6.01. The van der Waals surface area contributed by atoms with E-state index in [1.807, 2.05) is 12.1 Å². The van der Waals surface area contributed by atoms with Gasteiger partial charge in [0.15, 0.2) is 11.5 Å². The minimum Gasteiger partial charge on any atom is -0.490 e. The summed E-state index contributed by atoms with van der Waals surface area (Å²) in [6.07, 6.45) is 1.82. The van der Waals surface area contributed by atoms with Gasteiger partial charge in [0.25, 0.3) is 0 Å². The molecule has 0 radical (unpaired) electrons. The van der Waals surface area contributed by atoms with E-state index in [0.717, 1.165) is 34.9 Å². The first-order valence-corrected chi connectivity index (χ1v) is 6.39. The summed E-state index contributed by atoms with van der Waals surface area (Å²) in [5.74, 6) is 1.88. The second-order valence-electron chi connectivity index (χ2n) is 4.35. The molecule has 1 aliphatic heterocycles. The monoisotopic (exact) mass is 255 g/mol. The lowest BCUT2D eigenvalue weighted by Crippen LogP contribution is -2.05. The molecule has 0 aliphatic carbocycles. The molecule has 3 nitrogen and oxygen atoms in total. The largest absolute Gasteiger partial charge is 0.490 e. The highest BCUT2D eigenvalue weighted by molar-refractivity contribution is 6.31. The van der Waals surface area contributed by atoms with Gasteiger partial charge in [-0.2, -0.15) is 0 Å². The average Bonchev–Trinajstić information content (AvgIpc) is 2.52. The number of benzene rings is 1. The summed E-state index contributed by atoms with van der Waals surface area (Å²) < 4.78 is 11.2. The molecule has 0 fully saturated rings. The van der Waals surface area contributed by atoms with Gasteiger partial charge in [-0.05, 0) is 30.5 Å². The zero-order chi connectivity index (χ0) is 12.3. The maximum absolute atomic E-state index is 6.27. The minimum absolute atomic E-state index is 0.338. The van der Waals surface area contributed by atoms with Crippen LogP contribution in [0.3, 0.4) is 0 Å². The molecule has 1 atom stereocenters. The summed E-state index contributed by atoms with van der Waals surface area (Å²) >= 11 is 6.27. The van der Waals surface area contributed by atoms with Crippen LogP contribution < -0.4 is 15.2 Å². The maximum atomic E-state index is 6.27. The Morgan fingerprint density at radius 1 is 1.29 bits per heavy atom. The van der Waals surface area contributed by atoms with Crippen LogP contribution in [0.15, 0.2) is 12.1 Å². The van der Waals surface area contributed by atoms with E-state index >= 15 is 0 Å². The van der Waals surface area contributed by atoms with Crippen LogP contribution in [0.2, 0.25) is 5.02 Å². The molecule has 2 rings (SSSR count). The number of nitrogens with two attached hydrogens (primary N) is 1. The van der Waals surface area contributed by atoms with E-state index in [9.17, 15) is 0 Å². The van der Waals surface area contributed by atoms with Crippen LogP contribution in [0, 0.1) is 0 Å². The van der Waals surface area contributed by atoms with Gasteiger partial charge in [-0.3, -0.25) is 0 Å². The van der Waals surface area contributed by atoms with Gasteiger partial charge < -0.3 is 15.2 Å². The summed E-state index contributed by atoms with van der Waals surface area (Å²) in [6.45, 7) is 4.16. The fourth-order valence-electron chi connectivity index (χ4n) is 1.98. The fourth-order valence-corrected chi connectivity index (χ4v) is 2.32. The second kappa shape index (κ2) is 5.61. The number of ether oxygens (including phenoxy) is 2. The van der Waals surface area contributed by atoms with Crippen molar-refractivity contribution < 1.29 is 9.47 Å². The number of hydrogen-bond acceptors (Lipinski definition) is 3. The lowest BCUT2D eigenvalue weighted by Gasteiger charge is -2.16. The lowest BCUT2D eigenvalue weighted by molar-refractivity contribution is 0.297. The quantitative estimate of drug-likeness (QED) is 0.903. The zero-order valence-electron chi connectivity index (χ0n) is 10.0. The summed E-state index contributed by atoms with van der Waals surface area (Å²) in [4.78, 5) is 0. The van der Waals surface area contributed by atoms with Gasteiger partial charge in [0.1, 0.15) is 0 Å². The number of halogens is 1. The maximum Gasteiger partial charge on any atom is 0.162 e. The Kier molecular flexibility index (Phi) is 4.13. The predicted octanol–water partition coefficient (Wildman–Crippen LogP) is 2.95. The molecule has 1 heterocycles. The zero-order valence-corrected chi connectivity index (χ0v) is 10.8.